The van der Waals surface area contributed by atoms with Crippen molar-refractivity contribution in [2.75, 3.05) is 53.4 Å². The van der Waals surface area contributed by atoms with Crippen LogP contribution in [-0.2, 0) is 16.1 Å². The minimum atomic E-state index is -0.0303. The molecule has 1 aliphatic rings. The zero-order valence-electron chi connectivity index (χ0n) is 17.6. The van der Waals surface area contributed by atoms with Crippen molar-refractivity contribution in [2.45, 2.75) is 13.0 Å². The van der Waals surface area contributed by atoms with Crippen LogP contribution in [0.25, 0.3) is 11.3 Å². The third kappa shape index (κ3) is 6.58. The molecule has 1 fully saturated rings. The van der Waals surface area contributed by atoms with Gasteiger partial charge in [0.2, 0.25) is 11.8 Å². The second-order valence-electron chi connectivity index (χ2n) is 7.74. The molecule has 162 valence electrons. The molecule has 30 heavy (non-hydrogen) atoms. The fourth-order valence-electron chi connectivity index (χ4n) is 3.36. The molecular weight excluding hydrogens is 404 g/mol. The number of carbonyl (C=O) groups excluding carboxylic acids is 2. The Morgan fingerprint density at radius 1 is 1.00 bits per heavy atom. The van der Waals surface area contributed by atoms with Crippen LogP contribution in [0, 0.1) is 0 Å². The quantitative estimate of drug-likeness (QED) is 0.727. The Hall–Kier alpha value is -2.35. The van der Waals surface area contributed by atoms with Crippen LogP contribution >= 0.6 is 11.6 Å². The Morgan fingerprint density at radius 2 is 1.67 bits per heavy atom. The van der Waals surface area contributed by atoms with E-state index in [0.717, 1.165) is 43.9 Å². The highest BCUT2D eigenvalue weighted by Crippen LogP contribution is 2.23. The van der Waals surface area contributed by atoms with Crippen molar-refractivity contribution >= 4 is 23.4 Å². The Balaban J connectivity index is 1.43. The molecule has 0 unspecified atom stereocenters. The molecule has 1 aliphatic heterocycles. The topological polar surface area (TPSA) is 69.0 Å². The molecule has 1 N–H and O–H groups in total. The summed E-state index contributed by atoms with van der Waals surface area (Å²) in [6.07, 6.45) is 0.941. The first kappa shape index (κ1) is 22.3. The number of nitrogens with one attached hydrogen (secondary N) is 1. The van der Waals surface area contributed by atoms with Gasteiger partial charge in [-0.2, -0.15) is 0 Å². The normalized spacial score (nSPS) is 15.6. The molecule has 1 aromatic carbocycles. The number of carbonyl (C=O) groups is 2. The van der Waals surface area contributed by atoms with Crippen molar-refractivity contribution < 1.29 is 14.0 Å². The van der Waals surface area contributed by atoms with E-state index in [1.165, 1.54) is 0 Å². The molecule has 0 saturated carbocycles. The zero-order valence-corrected chi connectivity index (χ0v) is 18.3. The Morgan fingerprint density at radius 3 is 2.33 bits per heavy atom. The summed E-state index contributed by atoms with van der Waals surface area (Å²) >= 11 is 5.92. The zero-order chi connectivity index (χ0) is 21.5. The van der Waals surface area contributed by atoms with Crippen molar-refractivity contribution in [3.8, 4) is 11.3 Å². The van der Waals surface area contributed by atoms with Crippen LogP contribution in [0.3, 0.4) is 0 Å². The van der Waals surface area contributed by atoms with E-state index in [1.807, 2.05) is 36.4 Å². The van der Waals surface area contributed by atoms with Crippen molar-refractivity contribution in [1.29, 1.82) is 0 Å². The van der Waals surface area contributed by atoms with Crippen LogP contribution in [0.2, 0.25) is 5.02 Å². The Labute approximate surface area is 182 Å². The van der Waals surface area contributed by atoms with Gasteiger partial charge in [-0.3, -0.25) is 19.4 Å². The summed E-state index contributed by atoms with van der Waals surface area (Å²) in [5.41, 5.74) is 0.943. The maximum absolute atomic E-state index is 12.4. The minimum Gasteiger partial charge on any atom is -0.459 e. The first-order valence-electron chi connectivity index (χ1n) is 10.2. The van der Waals surface area contributed by atoms with Crippen LogP contribution < -0.4 is 5.32 Å². The van der Waals surface area contributed by atoms with Gasteiger partial charge in [0.15, 0.2) is 0 Å². The molecule has 0 aliphatic carbocycles. The predicted octanol–water partition coefficient (Wildman–Crippen LogP) is 2.31. The van der Waals surface area contributed by atoms with E-state index < -0.39 is 0 Å². The second-order valence-corrected chi connectivity index (χ2v) is 8.18. The van der Waals surface area contributed by atoms with E-state index in [0.29, 0.717) is 30.4 Å². The largest absolute Gasteiger partial charge is 0.459 e. The lowest BCUT2D eigenvalue weighted by Crippen LogP contribution is -2.40. The van der Waals surface area contributed by atoms with Gasteiger partial charge in [0, 0.05) is 37.8 Å². The minimum absolute atomic E-state index is 0.0303. The lowest BCUT2D eigenvalue weighted by molar-refractivity contribution is -0.130. The van der Waals surface area contributed by atoms with Gasteiger partial charge in [0.1, 0.15) is 11.5 Å². The van der Waals surface area contributed by atoms with Gasteiger partial charge in [-0.05, 0) is 55.9 Å². The number of hydrogen-bond donors (Lipinski definition) is 1. The summed E-state index contributed by atoms with van der Waals surface area (Å²) < 4.78 is 5.83. The monoisotopic (exact) mass is 432 g/mol. The fourth-order valence-corrected chi connectivity index (χ4v) is 3.49. The van der Waals surface area contributed by atoms with E-state index in [4.69, 9.17) is 16.0 Å². The number of halogens is 1. The molecule has 2 amide bonds. The SMILES string of the molecule is CN(C)C(=O)CN1CCCN(CC(=O)NCc2ccc(-c3ccc(Cl)cc3)o2)CC1. The molecule has 3 rings (SSSR count). The molecule has 8 heteroatoms. The average molecular weight is 433 g/mol. The maximum Gasteiger partial charge on any atom is 0.236 e. The van der Waals surface area contributed by atoms with E-state index >= 15 is 0 Å². The molecule has 1 saturated heterocycles. The van der Waals surface area contributed by atoms with Gasteiger partial charge in [-0.25, -0.2) is 0 Å². The van der Waals surface area contributed by atoms with Gasteiger partial charge in [0.25, 0.3) is 0 Å². The van der Waals surface area contributed by atoms with E-state index in [2.05, 4.69) is 15.1 Å². The second kappa shape index (κ2) is 10.6. The van der Waals surface area contributed by atoms with Crippen LogP contribution in [0.1, 0.15) is 12.2 Å². The molecular formula is C22H29ClN4O3. The third-order valence-corrected chi connectivity index (χ3v) is 5.41. The third-order valence-electron chi connectivity index (χ3n) is 5.16. The number of amides is 2. The first-order chi connectivity index (χ1) is 14.4. The van der Waals surface area contributed by atoms with Gasteiger partial charge in [0.05, 0.1) is 19.6 Å². The molecule has 0 radical (unpaired) electrons. The van der Waals surface area contributed by atoms with Crippen LogP contribution in [-0.4, -0.2) is 79.9 Å². The van der Waals surface area contributed by atoms with Crippen LogP contribution in [0.15, 0.2) is 40.8 Å². The van der Waals surface area contributed by atoms with E-state index in [-0.39, 0.29) is 11.8 Å². The van der Waals surface area contributed by atoms with Crippen molar-refractivity contribution in [3.63, 3.8) is 0 Å². The highest BCUT2D eigenvalue weighted by molar-refractivity contribution is 6.30. The highest BCUT2D eigenvalue weighted by atomic mass is 35.5. The summed E-state index contributed by atoms with van der Waals surface area (Å²) in [5.74, 6) is 1.53. The molecule has 2 heterocycles. The van der Waals surface area contributed by atoms with Crippen LogP contribution in [0.5, 0.6) is 0 Å². The molecule has 7 nitrogen and oxygen atoms in total. The first-order valence-corrected chi connectivity index (χ1v) is 10.5. The van der Waals surface area contributed by atoms with Crippen molar-refractivity contribution in [1.82, 2.24) is 20.0 Å². The van der Waals surface area contributed by atoms with Crippen molar-refractivity contribution in [3.05, 3.63) is 47.2 Å². The number of rotatable bonds is 7. The van der Waals surface area contributed by atoms with Crippen LogP contribution in [0.4, 0.5) is 0 Å². The lowest BCUT2D eigenvalue weighted by Gasteiger charge is -2.22. The maximum atomic E-state index is 12.4. The van der Waals surface area contributed by atoms with E-state index in [9.17, 15) is 9.59 Å². The van der Waals surface area contributed by atoms with Crippen molar-refractivity contribution in [2.24, 2.45) is 0 Å². The predicted molar refractivity (Wildman–Crippen MR) is 117 cm³/mol. The number of benzene rings is 1. The number of likely N-dealkylation sites (N-methyl/N-ethyl adjacent to an activating group) is 1. The molecule has 1 aromatic heterocycles. The van der Waals surface area contributed by atoms with Gasteiger partial charge in [-0.1, -0.05) is 11.6 Å². The van der Waals surface area contributed by atoms with Gasteiger partial charge in [-0.15, -0.1) is 0 Å². The Bertz CT molecular complexity index is 850. The summed E-state index contributed by atoms with van der Waals surface area (Å²) in [4.78, 5) is 30.2. The van der Waals surface area contributed by atoms with E-state index in [1.54, 1.807) is 19.0 Å². The summed E-state index contributed by atoms with van der Waals surface area (Å²) in [6, 6.07) is 11.2. The Kier molecular flexibility index (Phi) is 7.90. The summed E-state index contributed by atoms with van der Waals surface area (Å²) in [6.45, 7) is 4.41. The highest BCUT2D eigenvalue weighted by Gasteiger charge is 2.19. The van der Waals surface area contributed by atoms with Gasteiger partial charge >= 0.3 is 0 Å². The molecule has 0 spiro atoms. The smallest absolute Gasteiger partial charge is 0.236 e. The number of furan rings is 1. The number of hydrogen-bond acceptors (Lipinski definition) is 5. The number of nitrogens with zero attached hydrogens (tertiary/aromatic N) is 3. The molecule has 0 bridgehead atoms. The summed E-state index contributed by atoms with van der Waals surface area (Å²) in [5, 5.41) is 3.61. The standard InChI is InChI=1S/C22H29ClN4O3/c1-25(2)22(29)16-27-11-3-10-26(12-13-27)15-21(28)24-14-19-8-9-20(30-19)17-4-6-18(23)7-5-17/h4-9H,3,10-16H2,1-2H3,(H,24,28). The van der Waals surface area contributed by atoms with Gasteiger partial charge < -0.3 is 14.6 Å². The average Bonchev–Trinajstić information content (AvgIpc) is 3.09. The molecule has 0 atom stereocenters. The summed E-state index contributed by atoms with van der Waals surface area (Å²) in [7, 11) is 3.54. The molecule has 2 aromatic rings. The lowest BCUT2D eigenvalue weighted by atomic mass is 10.2. The fraction of sp³-hybridized carbons (Fsp3) is 0.455.